The summed E-state index contributed by atoms with van der Waals surface area (Å²) in [6.07, 6.45) is 1.45. The lowest BCUT2D eigenvalue weighted by Crippen LogP contribution is -2.46. The van der Waals surface area contributed by atoms with Gasteiger partial charge in [0, 0.05) is 19.8 Å². The quantitative estimate of drug-likeness (QED) is 0.657. The van der Waals surface area contributed by atoms with Crippen LogP contribution >= 0.6 is 0 Å². The molecule has 1 aliphatic rings. The van der Waals surface area contributed by atoms with Crippen molar-refractivity contribution in [3.05, 3.63) is 47.8 Å². The van der Waals surface area contributed by atoms with E-state index >= 15 is 0 Å². The molecule has 0 aliphatic carbocycles. The van der Waals surface area contributed by atoms with Crippen LogP contribution in [0.2, 0.25) is 0 Å². The van der Waals surface area contributed by atoms with E-state index in [9.17, 15) is 4.79 Å². The molecular weight excluding hydrogens is 368 g/mol. The molecule has 0 bridgehead atoms. The van der Waals surface area contributed by atoms with Crippen LogP contribution in [0, 0.1) is 0 Å². The first-order valence-corrected chi connectivity index (χ1v) is 9.99. The molecular formula is C22H26N4O3. The number of para-hydroxylation sites is 2. The van der Waals surface area contributed by atoms with Gasteiger partial charge in [-0.1, -0.05) is 31.1 Å². The molecule has 1 amide bonds. The molecule has 152 valence electrons. The Hall–Kier alpha value is -3.09. The average molecular weight is 394 g/mol. The molecule has 0 spiro atoms. The van der Waals surface area contributed by atoms with Crippen LogP contribution in [0.5, 0.6) is 5.75 Å². The van der Waals surface area contributed by atoms with Gasteiger partial charge in [0.15, 0.2) is 0 Å². The van der Waals surface area contributed by atoms with E-state index in [1.54, 1.807) is 18.1 Å². The number of hydrogen-bond donors (Lipinski definition) is 0. The predicted molar refractivity (Wildman–Crippen MR) is 112 cm³/mol. The Kier molecular flexibility index (Phi) is 5.13. The van der Waals surface area contributed by atoms with Gasteiger partial charge in [0.25, 0.3) is 11.6 Å². The number of amides is 1. The lowest BCUT2D eigenvalue weighted by atomic mass is 10.1. The molecule has 0 saturated heterocycles. The van der Waals surface area contributed by atoms with Gasteiger partial charge < -0.3 is 19.1 Å². The van der Waals surface area contributed by atoms with Crippen molar-refractivity contribution in [2.45, 2.75) is 32.8 Å². The number of aromatic nitrogens is 2. The number of rotatable bonds is 5. The van der Waals surface area contributed by atoms with Gasteiger partial charge in [-0.15, -0.1) is 0 Å². The maximum atomic E-state index is 13.0. The first kappa shape index (κ1) is 19.2. The minimum Gasteiger partial charge on any atom is -0.485 e. The molecule has 3 aromatic rings. The summed E-state index contributed by atoms with van der Waals surface area (Å²) in [4.78, 5) is 21.3. The number of hydrogen-bond acceptors (Lipinski definition) is 6. The highest BCUT2D eigenvalue weighted by Gasteiger charge is 2.27. The summed E-state index contributed by atoms with van der Waals surface area (Å²) in [6.45, 7) is 8.32. The number of anilines is 1. The zero-order valence-corrected chi connectivity index (χ0v) is 17.3. The number of pyridine rings is 1. The molecule has 2 aromatic heterocycles. The second kappa shape index (κ2) is 7.73. The van der Waals surface area contributed by atoms with Crippen molar-refractivity contribution in [1.29, 1.82) is 0 Å². The molecule has 7 nitrogen and oxygen atoms in total. The van der Waals surface area contributed by atoms with E-state index in [2.05, 4.69) is 28.0 Å². The van der Waals surface area contributed by atoms with Gasteiger partial charge in [-0.25, -0.2) is 4.98 Å². The number of benzene rings is 1. The fraction of sp³-hybridized carbons (Fsp3) is 0.409. The van der Waals surface area contributed by atoms with Gasteiger partial charge in [-0.2, -0.15) is 0 Å². The second-order valence-corrected chi connectivity index (χ2v) is 7.73. The van der Waals surface area contributed by atoms with Crippen LogP contribution in [0.4, 0.5) is 5.69 Å². The van der Waals surface area contributed by atoms with Crippen LogP contribution in [0.3, 0.4) is 0 Å². The van der Waals surface area contributed by atoms with E-state index in [-0.39, 0.29) is 17.9 Å². The molecule has 1 unspecified atom stereocenters. The fourth-order valence-electron chi connectivity index (χ4n) is 3.77. The maximum Gasteiger partial charge on any atom is 0.257 e. The number of nitrogens with zero attached hydrogens (tertiary/aromatic N) is 4. The monoisotopic (exact) mass is 394 g/mol. The fourth-order valence-corrected chi connectivity index (χ4v) is 3.77. The van der Waals surface area contributed by atoms with E-state index in [0.29, 0.717) is 17.8 Å². The third kappa shape index (κ3) is 3.64. The summed E-state index contributed by atoms with van der Waals surface area (Å²) in [6, 6.07) is 9.85. The highest BCUT2D eigenvalue weighted by atomic mass is 16.5. The van der Waals surface area contributed by atoms with Crippen LogP contribution in [-0.4, -0.2) is 53.7 Å². The Bertz CT molecular complexity index is 1030. The van der Waals surface area contributed by atoms with E-state index < -0.39 is 0 Å². The molecule has 4 rings (SSSR count). The largest absolute Gasteiger partial charge is 0.485 e. The summed E-state index contributed by atoms with van der Waals surface area (Å²) >= 11 is 0. The van der Waals surface area contributed by atoms with Crippen molar-refractivity contribution in [3.63, 3.8) is 0 Å². The molecule has 29 heavy (non-hydrogen) atoms. The minimum absolute atomic E-state index is 0.0965. The number of ether oxygens (including phenoxy) is 1. The number of likely N-dealkylation sites (N-methyl/N-ethyl adjacent to an activating group) is 2. The van der Waals surface area contributed by atoms with E-state index in [1.165, 1.54) is 0 Å². The van der Waals surface area contributed by atoms with Crippen LogP contribution in [-0.2, 0) is 0 Å². The summed E-state index contributed by atoms with van der Waals surface area (Å²) in [7, 11) is 1.80. The summed E-state index contributed by atoms with van der Waals surface area (Å²) in [5.41, 5.74) is 2.89. The zero-order valence-electron chi connectivity index (χ0n) is 17.3. The number of carbonyl (C=O) groups excluding carboxylic acids is 1. The zero-order chi connectivity index (χ0) is 20.5. The Labute approximate surface area is 170 Å². The molecule has 1 aromatic carbocycles. The third-order valence-corrected chi connectivity index (χ3v) is 5.28. The van der Waals surface area contributed by atoms with Crippen LogP contribution in [0.25, 0.3) is 11.1 Å². The van der Waals surface area contributed by atoms with Gasteiger partial charge in [0.1, 0.15) is 11.9 Å². The lowest BCUT2D eigenvalue weighted by molar-refractivity contribution is 0.0709. The normalized spacial score (nSPS) is 16.0. The Balaban J connectivity index is 1.51. The van der Waals surface area contributed by atoms with Crippen molar-refractivity contribution < 1.29 is 14.1 Å². The molecule has 0 saturated carbocycles. The van der Waals surface area contributed by atoms with E-state index in [4.69, 9.17) is 9.26 Å². The third-order valence-electron chi connectivity index (χ3n) is 5.28. The first-order chi connectivity index (χ1) is 14.0. The highest BCUT2D eigenvalue weighted by molar-refractivity contribution is 5.97. The molecule has 1 aliphatic heterocycles. The standard InChI is InChI=1S/C22H26N4O3/c1-5-26-13-16(28-19-9-7-6-8-18(19)26)12-25(4)22(27)15-10-17-20(14(2)3)24-29-21(17)23-11-15/h6-11,14,16H,5,12-13H2,1-4H3. The van der Waals surface area contributed by atoms with Gasteiger partial charge in [-0.05, 0) is 31.0 Å². The molecule has 7 heteroatoms. The minimum atomic E-state index is -0.0997. The van der Waals surface area contributed by atoms with Gasteiger partial charge in [-0.3, -0.25) is 4.79 Å². The van der Waals surface area contributed by atoms with Gasteiger partial charge in [0.05, 0.1) is 35.4 Å². The predicted octanol–water partition coefficient (Wildman–Crippen LogP) is 3.71. The molecule has 0 radical (unpaired) electrons. The van der Waals surface area contributed by atoms with Gasteiger partial charge >= 0.3 is 0 Å². The van der Waals surface area contributed by atoms with Crippen LogP contribution < -0.4 is 9.64 Å². The van der Waals surface area contributed by atoms with Crippen LogP contribution in [0.1, 0.15) is 42.7 Å². The molecule has 3 heterocycles. The number of fused-ring (bicyclic) bond motifs is 2. The number of carbonyl (C=O) groups is 1. The van der Waals surface area contributed by atoms with E-state index in [0.717, 1.165) is 35.6 Å². The Morgan fingerprint density at radius 3 is 2.90 bits per heavy atom. The average Bonchev–Trinajstić information content (AvgIpc) is 3.16. The van der Waals surface area contributed by atoms with Crippen molar-refractivity contribution in [1.82, 2.24) is 15.0 Å². The molecule has 1 atom stereocenters. The topological polar surface area (TPSA) is 71.7 Å². The summed E-state index contributed by atoms with van der Waals surface area (Å²) < 4.78 is 11.4. The Morgan fingerprint density at radius 1 is 1.34 bits per heavy atom. The Morgan fingerprint density at radius 2 is 2.14 bits per heavy atom. The molecule has 0 N–H and O–H groups in total. The molecule has 0 fully saturated rings. The van der Waals surface area contributed by atoms with Crippen LogP contribution in [0.15, 0.2) is 41.1 Å². The first-order valence-electron chi connectivity index (χ1n) is 9.99. The summed E-state index contributed by atoms with van der Waals surface area (Å²) in [5.74, 6) is 0.957. The smallest absolute Gasteiger partial charge is 0.257 e. The highest BCUT2D eigenvalue weighted by Crippen LogP contribution is 2.33. The van der Waals surface area contributed by atoms with E-state index in [1.807, 2.05) is 38.1 Å². The lowest BCUT2D eigenvalue weighted by Gasteiger charge is -2.37. The van der Waals surface area contributed by atoms with Gasteiger partial charge in [0.2, 0.25) is 0 Å². The summed E-state index contributed by atoms with van der Waals surface area (Å²) in [5, 5.41) is 4.88. The van der Waals surface area contributed by atoms with Crippen molar-refractivity contribution in [3.8, 4) is 5.75 Å². The van der Waals surface area contributed by atoms with Crippen molar-refractivity contribution in [2.75, 3.05) is 31.6 Å². The SMILES string of the molecule is CCN1CC(CN(C)C(=O)c2cnc3onc(C(C)C)c3c2)Oc2ccccc21. The van der Waals surface area contributed by atoms with Crippen molar-refractivity contribution >= 4 is 22.7 Å². The second-order valence-electron chi connectivity index (χ2n) is 7.73. The maximum absolute atomic E-state index is 13.0. The van der Waals surface area contributed by atoms with Crippen molar-refractivity contribution in [2.24, 2.45) is 0 Å².